The van der Waals surface area contributed by atoms with Crippen LogP contribution in [-0.4, -0.2) is 38.9 Å². The maximum atomic E-state index is 12.2. The summed E-state index contributed by atoms with van der Waals surface area (Å²) >= 11 is 0. The monoisotopic (exact) mass is 324 g/mol. The fourth-order valence-corrected chi connectivity index (χ4v) is 3.74. The van der Waals surface area contributed by atoms with E-state index in [1.165, 1.54) is 0 Å². The average molecular weight is 324 g/mol. The molecule has 122 valence electrons. The van der Waals surface area contributed by atoms with E-state index in [1.54, 1.807) is 12.1 Å². The summed E-state index contributed by atoms with van der Waals surface area (Å²) in [5.41, 5.74) is 1.11. The van der Waals surface area contributed by atoms with E-state index in [-0.39, 0.29) is 16.7 Å². The number of amides is 1. The van der Waals surface area contributed by atoms with Gasteiger partial charge in [0.2, 0.25) is 15.9 Å². The summed E-state index contributed by atoms with van der Waals surface area (Å²) < 4.78 is 27.1. The summed E-state index contributed by atoms with van der Waals surface area (Å²) in [5.74, 6) is 0.261. The molecule has 0 saturated carbocycles. The van der Waals surface area contributed by atoms with Gasteiger partial charge in [-0.05, 0) is 36.5 Å². The van der Waals surface area contributed by atoms with Gasteiger partial charge < -0.3 is 4.90 Å². The number of aryl methyl sites for hydroxylation is 1. The molecule has 1 heterocycles. The number of nitrogens with zero attached hydrogens (tertiary/aromatic N) is 1. The zero-order valence-corrected chi connectivity index (χ0v) is 14.0. The van der Waals surface area contributed by atoms with Gasteiger partial charge in [0.25, 0.3) is 0 Å². The Bertz CT molecular complexity index is 611. The average Bonchev–Trinajstić information content (AvgIpc) is 2.90. The zero-order chi connectivity index (χ0) is 16.2. The van der Waals surface area contributed by atoms with Crippen LogP contribution in [-0.2, 0) is 21.2 Å². The Hall–Kier alpha value is -1.40. The molecule has 1 amide bonds. The predicted molar refractivity (Wildman–Crippen MR) is 86.0 cm³/mol. The lowest BCUT2D eigenvalue weighted by atomic mass is 10.2. The lowest BCUT2D eigenvalue weighted by Gasteiger charge is -2.21. The van der Waals surface area contributed by atoms with E-state index in [0.29, 0.717) is 19.5 Å². The number of hydrogen-bond donors (Lipinski definition) is 1. The van der Waals surface area contributed by atoms with Crippen molar-refractivity contribution in [3.63, 3.8) is 0 Å². The normalized spacial score (nSPS) is 17.0. The minimum atomic E-state index is -3.48. The minimum Gasteiger partial charge on any atom is -0.342 e. The van der Waals surface area contributed by atoms with Crippen LogP contribution < -0.4 is 4.72 Å². The fraction of sp³-hybridized carbons (Fsp3) is 0.562. The molecule has 6 heteroatoms. The molecule has 1 aliphatic heterocycles. The first-order valence-corrected chi connectivity index (χ1v) is 9.27. The van der Waals surface area contributed by atoms with Crippen LogP contribution in [0.2, 0.25) is 0 Å². The van der Waals surface area contributed by atoms with Gasteiger partial charge in [-0.25, -0.2) is 13.1 Å². The standard InChI is InChI=1S/C16H24N2O3S/c1-3-14-6-8-15(9-7-14)22(20,21)17-11-13(2)12-18-10-4-5-16(18)19/h6-9,13,17H,3-5,10-12H2,1-2H3/t13-/m1/s1. The lowest BCUT2D eigenvalue weighted by molar-refractivity contribution is -0.128. The minimum absolute atomic E-state index is 0.0896. The molecular weight excluding hydrogens is 300 g/mol. The maximum Gasteiger partial charge on any atom is 0.240 e. The van der Waals surface area contributed by atoms with Crippen molar-refractivity contribution in [1.29, 1.82) is 0 Å². The van der Waals surface area contributed by atoms with Crippen LogP contribution >= 0.6 is 0 Å². The highest BCUT2D eigenvalue weighted by atomic mass is 32.2. The Labute approximate surface area is 132 Å². The molecule has 0 bridgehead atoms. The molecule has 0 aliphatic carbocycles. The predicted octanol–water partition coefficient (Wildman–Crippen LogP) is 1.79. The van der Waals surface area contributed by atoms with E-state index in [1.807, 2.05) is 30.9 Å². The number of likely N-dealkylation sites (tertiary alicyclic amines) is 1. The van der Waals surface area contributed by atoms with Gasteiger partial charge in [-0.3, -0.25) is 4.79 Å². The van der Waals surface area contributed by atoms with Crippen molar-refractivity contribution in [3.05, 3.63) is 29.8 Å². The molecule has 1 atom stereocenters. The van der Waals surface area contributed by atoms with E-state index in [4.69, 9.17) is 0 Å². The number of nitrogens with one attached hydrogen (secondary N) is 1. The third-order valence-electron chi connectivity index (χ3n) is 3.97. The molecule has 22 heavy (non-hydrogen) atoms. The van der Waals surface area contributed by atoms with Gasteiger partial charge >= 0.3 is 0 Å². The molecule has 2 rings (SSSR count). The molecule has 1 aliphatic rings. The Morgan fingerprint density at radius 1 is 1.27 bits per heavy atom. The van der Waals surface area contributed by atoms with Crippen LogP contribution in [0.4, 0.5) is 0 Å². The Balaban J connectivity index is 1.89. The second-order valence-corrected chi connectivity index (χ2v) is 7.66. The van der Waals surface area contributed by atoms with Gasteiger partial charge in [0.1, 0.15) is 0 Å². The third kappa shape index (κ3) is 4.30. The quantitative estimate of drug-likeness (QED) is 0.831. The highest BCUT2D eigenvalue weighted by Crippen LogP contribution is 2.14. The van der Waals surface area contributed by atoms with Gasteiger partial charge in [-0.15, -0.1) is 0 Å². The van der Waals surface area contributed by atoms with E-state index in [2.05, 4.69) is 4.72 Å². The molecule has 1 saturated heterocycles. The first kappa shape index (κ1) is 17.0. The summed E-state index contributed by atoms with van der Waals surface area (Å²) in [6.45, 7) is 5.71. The maximum absolute atomic E-state index is 12.2. The molecule has 0 radical (unpaired) electrons. The van der Waals surface area contributed by atoms with Gasteiger partial charge in [0.15, 0.2) is 0 Å². The number of sulfonamides is 1. The number of hydrogen-bond acceptors (Lipinski definition) is 3. The molecule has 1 aromatic rings. The van der Waals surface area contributed by atoms with Crippen LogP contribution in [0, 0.1) is 5.92 Å². The topological polar surface area (TPSA) is 66.5 Å². The van der Waals surface area contributed by atoms with Crippen molar-refractivity contribution in [2.45, 2.75) is 38.0 Å². The number of benzene rings is 1. The Kier molecular flexibility index (Phi) is 5.58. The fourth-order valence-electron chi connectivity index (χ4n) is 2.58. The molecule has 1 N–H and O–H groups in total. The molecule has 0 unspecified atom stereocenters. The zero-order valence-electron chi connectivity index (χ0n) is 13.2. The highest BCUT2D eigenvalue weighted by Gasteiger charge is 2.22. The Morgan fingerprint density at radius 2 is 1.95 bits per heavy atom. The summed E-state index contributed by atoms with van der Waals surface area (Å²) in [4.78, 5) is 13.7. The summed E-state index contributed by atoms with van der Waals surface area (Å²) in [5, 5.41) is 0. The first-order valence-electron chi connectivity index (χ1n) is 7.78. The largest absolute Gasteiger partial charge is 0.342 e. The van der Waals surface area contributed by atoms with Crippen LogP contribution in [0.1, 0.15) is 32.3 Å². The van der Waals surface area contributed by atoms with E-state index in [0.717, 1.165) is 24.9 Å². The van der Waals surface area contributed by atoms with Crippen LogP contribution in [0.5, 0.6) is 0 Å². The molecule has 1 fully saturated rings. The van der Waals surface area contributed by atoms with Gasteiger partial charge in [-0.1, -0.05) is 26.0 Å². The van der Waals surface area contributed by atoms with Crippen LogP contribution in [0.25, 0.3) is 0 Å². The number of rotatable bonds is 7. The van der Waals surface area contributed by atoms with Crippen LogP contribution in [0.3, 0.4) is 0 Å². The van der Waals surface area contributed by atoms with Crippen molar-refractivity contribution in [2.75, 3.05) is 19.6 Å². The lowest BCUT2D eigenvalue weighted by Crippen LogP contribution is -2.36. The molecular formula is C16H24N2O3S. The van der Waals surface area contributed by atoms with Gasteiger partial charge in [-0.2, -0.15) is 0 Å². The molecule has 1 aromatic carbocycles. The third-order valence-corrected chi connectivity index (χ3v) is 5.41. The SMILES string of the molecule is CCc1ccc(S(=O)(=O)NC[C@@H](C)CN2CCCC2=O)cc1. The summed E-state index contributed by atoms with van der Waals surface area (Å²) in [7, 11) is -3.48. The Morgan fingerprint density at radius 3 is 2.50 bits per heavy atom. The smallest absolute Gasteiger partial charge is 0.240 e. The van der Waals surface area contributed by atoms with E-state index in [9.17, 15) is 13.2 Å². The first-order chi connectivity index (χ1) is 10.4. The van der Waals surface area contributed by atoms with E-state index < -0.39 is 10.0 Å². The van der Waals surface area contributed by atoms with Crippen LogP contribution in [0.15, 0.2) is 29.2 Å². The molecule has 0 aromatic heterocycles. The number of carbonyl (C=O) groups excluding carboxylic acids is 1. The highest BCUT2D eigenvalue weighted by molar-refractivity contribution is 7.89. The van der Waals surface area contributed by atoms with Gasteiger partial charge in [0, 0.05) is 26.1 Å². The second kappa shape index (κ2) is 7.24. The van der Waals surface area contributed by atoms with Crippen molar-refractivity contribution >= 4 is 15.9 Å². The van der Waals surface area contributed by atoms with Crippen molar-refractivity contribution in [2.24, 2.45) is 5.92 Å². The van der Waals surface area contributed by atoms with Crippen molar-refractivity contribution in [1.82, 2.24) is 9.62 Å². The van der Waals surface area contributed by atoms with Gasteiger partial charge in [0.05, 0.1) is 4.90 Å². The summed E-state index contributed by atoms with van der Waals surface area (Å²) in [6, 6.07) is 6.94. The summed E-state index contributed by atoms with van der Waals surface area (Å²) in [6.07, 6.45) is 2.40. The number of carbonyl (C=O) groups is 1. The van der Waals surface area contributed by atoms with E-state index >= 15 is 0 Å². The van der Waals surface area contributed by atoms with Crippen molar-refractivity contribution in [3.8, 4) is 0 Å². The second-order valence-electron chi connectivity index (χ2n) is 5.90. The molecule has 0 spiro atoms. The molecule has 5 nitrogen and oxygen atoms in total. The van der Waals surface area contributed by atoms with Crippen molar-refractivity contribution < 1.29 is 13.2 Å².